The van der Waals surface area contributed by atoms with E-state index in [1.165, 1.54) is 0 Å². The summed E-state index contributed by atoms with van der Waals surface area (Å²) < 4.78 is 0. The fraction of sp³-hybridized carbons (Fsp3) is 0.200. The molecule has 0 aliphatic carbocycles. The molecule has 2 rings (SSSR count). The predicted molar refractivity (Wildman–Crippen MR) is 53.8 cm³/mol. The first-order chi connectivity index (χ1) is 7.68. The maximum Gasteiger partial charge on any atom is 0.341 e. The molecule has 84 valence electrons. The molecular formula is C10H10N2O4. The van der Waals surface area contributed by atoms with Crippen LogP contribution in [0.3, 0.4) is 0 Å². The van der Waals surface area contributed by atoms with Crippen molar-refractivity contribution in [2.24, 2.45) is 5.92 Å². The van der Waals surface area contributed by atoms with E-state index < -0.39 is 24.0 Å². The number of aliphatic hydroxyl groups is 1. The molecule has 2 atom stereocenters. The smallest absolute Gasteiger partial charge is 0.341 e. The van der Waals surface area contributed by atoms with Gasteiger partial charge in [-0.1, -0.05) is 18.2 Å². The Morgan fingerprint density at radius 1 is 1.38 bits per heavy atom. The molecule has 1 aromatic carbocycles. The lowest BCUT2D eigenvalue weighted by molar-refractivity contribution is -0.147. The molecule has 6 nitrogen and oxygen atoms in total. The van der Waals surface area contributed by atoms with Gasteiger partial charge in [0.2, 0.25) is 5.91 Å². The number of rotatable bonds is 2. The highest BCUT2D eigenvalue weighted by Crippen LogP contribution is 2.14. The minimum Gasteiger partial charge on any atom is -0.374 e. The van der Waals surface area contributed by atoms with Gasteiger partial charge in [-0.25, -0.2) is 4.79 Å². The molecule has 0 radical (unpaired) electrons. The Morgan fingerprint density at radius 2 is 2.06 bits per heavy atom. The molecule has 3 N–H and O–H groups in total. The average molecular weight is 222 g/mol. The van der Waals surface area contributed by atoms with Crippen molar-refractivity contribution in [1.29, 1.82) is 0 Å². The molecule has 1 heterocycles. The standard InChI is InChI=1S/C10H10N2O4/c13-8(7-9(14)12-16-10(7)15)11-6-4-2-1-3-5-6/h1-5,7,9,12,14H,(H,11,13). The van der Waals surface area contributed by atoms with Crippen LogP contribution in [0.15, 0.2) is 30.3 Å². The third-order valence-corrected chi connectivity index (χ3v) is 2.17. The Morgan fingerprint density at radius 3 is 2.62 bits per heavy atom. The number of carbonyl (C=O) groups is 2. The molecule has 1 amide bonds. The lowest BCUT2D eigenvalue weighted by atomic mass is 10.1. The second kappa shape index (κ2) is 4.30. The van der Waals surface area contributed by atoms with E-state index in [1.54, 1.807) is 30.3 Å². The molecule has 16 heavy (non-hydrogen) atoms. The number of hydrogen-bond donors (Lipinski definition) is 3. The number of nitrogens with one attached hydrogen (secondary N) is 2. The van der Waals surface area contributed by atoms with E-state index in [0.717, 1.165) is 0 Å². The highest BCUT2D eigenvalue weighted by Gasteiger charge is 2.41. The minimum absolute atomic E-state index is 0.555. The van der Waals surface area contributed by atoms with Crippen LogP contribution in [0.5, 0.6) is 0 Å². The number of hydrogen-bond acceptors (Lipinski definition) is 5. The Kier molecular flexibility index (Phi) is 2.84. The first-order valence-corrected chi connectivity index (χ1v) is 4.68. The number of benzene rings is 1. The van der Waals surface area contributed by atoms with Gasteiger partial charge >= 0.3 is 5.97 Å². The summed E-state index contributed by atoms with van der Waals surface area (Å²) in [5.41, 5.74) is 2.59. The van der Waals surface area contributed by atoms with Crippen LogP contribution in [-0.4, -0.2) is 23.2 Å². The molecule has 1 aliphatic rings. The van der Waals surface area contributed by atoms with Crippen LogP contribution < -0.4 is 10.8 Å². The van der Waals surface area contributed by atoms with E-state index in [0.29, 0.717) is 5.69 Å². The molecule has 1 saturated heterocycles. The van der Waals surface area contributed by atoms with Crippen LogP contribution in [0.1, 0.15) is 0 Å². The number of anilines is 1. The fourth-order valence-electron chi connectivity index (χ4n) is 1.37. The third-order valence-electron chi connectivity index (χ3n) is 2.17. The first-order valence-electron chi connectivity index (χ1n) is 4.68. The van der Waals surface area contributed by atoms with Gasteiger partial charge in [0, 0.05) is 5.69 Å². The topological polar surface area (TPSA) is 87.7 Å². The molecule has 1 fully saturated rings. The van der Waals surface area contributed by atoms with E-state index in [-0.39, 0.29) is 0 Å². The van der Waals surface area contributed by atoms with Crippen LogP contribution in [0.25, 0.3) is 0 Å². The lowest BCUT2D eigenvalue weighted by Gasteiger charge is -2.09. The van der Waals surface area contributed by atoms with Gasteiger partial charge in [0.1, 0.15) is 0 Å². The van der Waals surface area contributed by atoms with Crippen molar-refractivity contribution in [3.8, 4) is 0 Å². The molecule has 0 spiro atoms. The summed E-state index contributed by atoms with van der Waals surface area (Å²) in [5, 5.41) is 11.8. The van der Waals surface area contributed by atoms with Gasteiger partial charge in [-0.15, -0.1) is 5.48 Å². The molecule has 0 saturated carbocycles. The molecule has 2 unspecified atom stereocenters. The van der Waals surface area contributed by atoms with Crippen molar-refractivity contribution < 1.29 is 19.5 Å². The summed E-state index contributed by atoms with van der Waals surface area (Å²) in [5.74, 6) is -2.63. The largest absolute Gasteiger partial charge is 0.374 e. The van der Waals surface area contributed by atoms with Crippen molar-refractivity contribution in [3.05, 3.63) is 30.3 Å². The van der Waals surface area contributed by atoms with Gasteiger partial charge < -0.3 is 15.3 Å². The summed E-state index contributed by atoms with van der Waals surface area (Å²) in [6.07, 6.45) is -1.31. The highest BCUT2D eigenvalue weighted by molar-refractivity contribution is 6.05. The van der Waals surface area contributed by atoms with Gasteiger partial charge in [-0.05, 0) is 12.1 Å². The van der Waals surface area contributed by atoms with E-state index in [4.69, 9.17) is 0 Å². The molecular weight excluding hydrogens is 212 g/mol. The molecule has 6 heteroatoms. The van der Waals surface area contributed by atoms with E-state index in [2.05, 4.69) is 10.2 Å². The van der Waals surface area contributed by atoms with Crippen LogP contribution >= 0.6 is 0 Å². The Balaban J connectivity index is 2.06. The Hall–Kier alpha value is -1.92. The van der Waals surface area contributed by atoms with Crippen LogP contribution in [0.4, 0.5) is 5.69 Å². The third kappa shape index (κ3) is 2.02. The summed E-state index contributed by atoms with van der Waals surface area (Å²) in [6, 6.07) is 8.65. The van der Waals surface area contributed by atoms with Gasteiger partial charge in [0.15, 0.2) is 12.1 Å². The molecule has 1 aromatic rings. The maximum absolute atomic E-state index is 11.6. The monoisotopic (exact) mass is 222 g/mol. The number of carbonyl (C=O) groups excluding carboxylic acids is 2. The number of aliphatic hydroxyl groups excluding tert-OH is 1. The zero-order valence-electron chi connectivity index (χ0n) is 8.21. The zero-order chi connectivity index (χ0) is 11.5. The van der Waals surface area contributed by atoms with Gasteiger partial charge in [0.05, 0.1) is 0 Å². The molecule has 1 aliphatic heterocycles. The quantitative estimate of drug-likeness (QED) is 0.594. The Labute approximate surface area is 91.2 Å². The first kappa shape index (κ1) is 10.6. The second-order valence-electron chi connectivity index (χ2n) is 3.32. The summed E-state index contributed by atoms with van der Waals surface area (Å²) in [7, 11) is 0. The van der Waals surface area contributed by atoms with Crippen LogP contribution in [0.2, 0.25) is 0 Å². The van der Waals surface area contributed by atoms with E-state index in [9.17, 15) is 14.7 Å². The van der Waals surface area contributed by atoms with Crippen molar-refractivity contribution in [2.45, 2.75) is 6.23 Å². The fourth-order valence-corrected chi connectivity index (χ4v) is 1.37. The van der Waals surface area contributed by atoms with Crippen molar-refractivity contribution in [2.75, 3.05) is 5.32 Å². The molecule has 0 bridgehead atoms. The SMILES string of the molecule is O=C(Nc1ccccc1)C1C(=O)ONC1O. The molecule has 0 aromatic heterocycles. The predicted octanol–water partition coefficient (Wildman–Crippen LogP) is -0.379. The van der Waals surface area contributed by atoms with E-state index in [1.807, 2.05) is 5.48 Å². The normalized spacial score (nSPS) is 23.9. The average Bonchev–Trinajstić information content (AvgIpc) is 2.60. The van der Waals surface area contributed by atoms with Gasteiger partial charge in [-0.2, -0.15) is 0 Å². The van der Waals surface area contributed by atoms with Gasteiger partial charge in [0.25, 0.3) is 0 Å². The van der Waals surface area contributed by atoms with E-state index >= 15 is 0 Å². The second-order valence-corrected chi connectivity index (χ2v) is 3.32. The number of para-hydroxylation sites is 1. The number of amides is 1. The van der Waals surface area contributed by atoms with Crippen LogP contribution in [-0.2, 0) is 14.4 Å². The number of hydroxylamine groups is 1. The summed E-state index contributed by atoms with van der Waals surface area (Å²) in [4.78, 5) is 27.1. The minimum atomic E-state index is -1.31. The van der Waals surface area contributed by atoms with Crippen molar-refractivity contribution in [1.82, 2.24) is 5.48 Å². The zero-order valence-corrected chi connectivity index (χ0v) is 8.21. The maximum atomic E-state index is 11.6. The highest BCUT2D eigenvalue weighted by atomic mass is 16.7. The Bertz CT molecular complexity index is 407. The van der Waals surface area contributed by atoms with Crippen molar-refractivity contribution in [3.63, 3.8) is 0 Å². The van der Waals surface area contributed by atoms with Crippen molar-refractivity contribution >= 4 is 17.6 Å². The summed E-state index contributed by atoms with van der Waals surface area (Å²) >= 11 is 0. The lowest BCUT2D eigenvalue weighted by Crippen LogP contribution is -2.36. The summed E-state index contributed by atoms with van der Waals surface area (Å²) in [6.45, 7) is 0. The van der Waals surface area contributed by atoms with Gasteiger partial charge in [-0.3, -0.25) is 4.79 Å². The van der Waals surface area contributed by atoms with Crippen LogP contribution in [0, 0.1) is 5.92 Å².